The molecule has 2 aliphatic rings. The molecule has 1 saturated heterocycles. The maximum absolute atomic E-state index is 12.6. The summed E-state index contributed by atoms with van der Waals surface area (Å²) in [5, 5.41) is 0.586. The van der Waals surface area contributed by atoms with E-state index in [9.17, 15) is 4.79 Å². The van der Waals surface area contributed by atoms with Crippen molar-refractivity contribution in [2.45, 2.75) is 18.9 Å². The number of carbonyl (C=O) groups is 1. The number of carbonyl (C=O) groups excluding carboxylic acids is 1. The summed E-state index contributed by atoms with van der Waals surface area (Å²) in [6.07, 6.45) is 2.24. The van der Waals surface area contributed by atoms with E-state index in [4.69, 9.17) is 17.3 Å². The zero-order valence-corrected chi connectivity index (χ0v) is 12.8. The molecule has 1 aromatic carbocycles. The normalized spacial score (nSPS) is 29.6. The number of amides is 1. The molecule has 0 bridgehead atoms. The highest BCUT2D eigenvalue weighted by atomic mass is 79.9. The van der Waals surface area contributed by atoms with E-state index in [1.807, 2.05) is 11.0 Å². The van der Waals surface area contributed by atoms with E-state index < -0.39 is 0 Å². The van der Waals surface area contributed by atoms with Crippen LogP contribution in [0.1, 0.15) is 23.2 Å². The standard InChI is InChI=1S/C14H16BrClN2O/c15-12-3-2-9(16)5-10(12)14(19)18-6-8-1-4-13(17)11(8)7-18/h2-3,5,8,11,13H,1,4,6-7,17H2. The number of rotatable bonds is 1. The number of hydrogen-bond donors (Lipinski definition) is 1. The first-order valence-electron chi connectivity index (χ1n) is 6.56. The van der Waals surface area contributed by atoms with Crippen LogP contribution in [-0.4, -0.2) is 29.9 Å². The van der Waals surface area contributed by atoms with Gasteiger partial charge in [-0.15, -0.1) is 0 Å². The van der Waals surface area contributed by atoms with Crippen molar-refractivity contribution in [2.24, 2.45) is 17.6 Å². The van der Waals surface area contributed by atoms with Crippen LogP contribution in [0.15, 0.2) is 22.7 Å². The SMILES string of the molecule is NC1CCC2CN(C(=O)c3cc(Cl)ccc3Br)CC12. The van der Waals surface area contributed by atoms with Crippen molar-refractivity contribution in [3.05, 3.63) is 33.3 Å². The van der Waals surface area contributed by atoms with Gasteiger partial charge >= 0.3 is 0 Å². The molecule has 2 fully saturated rings. The van der Waals surface area contributed by atoms with Crippen LogP contribution >= 0.6 is 27.5 Å². The van der Waals surface area contributed by atoms with Crippen molar-refractivity contribution < 1.29 is 4.79 Å². The van der Waals surface area contributed by atoms with Crippen LogP contribution in [0.4, 0.5) is 0 Å². The van der Waals surface area contributed by atoms with Gasteiger partial charge in [-0.3, -0.25) is 4.79 Å². The lowest BCUT2D eigenvalue weighted by Gasteiger charge is -2.19. The molecule has 2 N–H and O–H groups in total. The van der Waals surface area contributed by atoms with Gasteiger partial charge in [-0.25, -0.2) is 0 Å². The van der Waals surface area contributed by atoms with Gasteiger partial charge in [0.1, 0.15) is 0 Å². The fraction of sp³-hybridized carbons (Fsp3) is 0.500. The topological polar surface area (TPSA) is 46.3 Å². The lowest BCUT2D eigenvalue weighted by atomic mass is 9.98. The molecule has 5 heteroatoms. The predicted octanol–water partition coefficient (Wildman–Crippen LogP) is 2.91. The second-order valence-corrected chi connectivity index (χ2v) is 6.79. The minimum atomic E-state index is 0.0518. The molecule has 3 atom stereocenters. The molecule has 1 saturated carbocycles. The molecule has 1 amide bonds. The highest BCUT2D eigenvalue weighted by molar-refractivity contribution is 9.10. The Morgan fingerprint density at radius 2 is 2.16 bits per heavy atom. The summed E-state index contributed by atoms with van der Waals surface area (Å²) in [6.45, 7) is 1.61. The number of benzene rings is 1. The Morgan fingerprint density at radius 1 is 1.37 bits per heavy atom. The van der Waals surface area contributed by atoms with E-state index in [2.05, 4.69) is 15.9 Å². The van der Waals surface area contributed by atoms with Crippen molar-refractivity contribution in [1.29, 1.82) is 0 Å². The molecule has 3 unspecified atom stereocenters. The van der Waals surface area contributed by atoms with E-state index in [1.165, 1.54) is 0 Å². The summed E-state index contributed by atoms with van der Waals surface area (Å²) in [4.78, 5) is 14.5. The Hall–Kier alpha value is -0.580. The molecule has 0 spiro atoms. The van der Waals surface area contributed by atoms with Gasteiger partial charge < -0.3 is 10.6 Å². The summed E-state index contributed by atoms with van der Waals surface area (Å²) in [7, 11) is 0. The molecule has 0 aromatic heterocycles. The minimum absolute atomic E-state index is 0.0518. The van der Waals surface area contributed by atoms with Gasteiger partial charge in [0.2, 0.25) is 0 Å². The molecular formula is C14H16BrClN2O. The van der Waals surface area contributed by atoms with Crippen molar-refractivity contribution in [2.75, 3.05) is 13.1 Å². The van der Waals surface area contributed by atoms with Crippen LogP contribution in [0, 0.1) is 11.8 Å². The number of halogens is 2. The summed E-state index contributed by atoms with van der Waals surface area (Å²) in [6, 6.07) is 5.57. The summed E-state index contributed by atoms with van der Waals surface area (Å²) in [5.74, 6) is 1.11. The Labute approximate surface area is 126 Å². The average Bonchev–Trinajstić information content (AvgIpc) is 2.94. The van der Waals surface area contributed by atoms with Crippen molar-refractivity contribution in [3.8, 4) is 0 Å². The van der Waals surface area contributed by atoms with Crippen LogP contribution in [0.25, 0.3) is 0 Å². The Morgan fingerprint density at radius 3 is 2.89 bits per heavy atom. The van der Waals surface area contributed by atoms with Crippen LogP contribution in [-0.2, 0) is 0 Å². The Bertz CT molecular complexity index is 522. The molecule has 3 rings (SSSR count). The largest absolute Gasteiger partial charge is 0.338 e. The zero-order chi connectivity index (χ0) is 13.6. The first kappa shape index (κ1) is 13.4. The van der Waals surface area contributed by atoms with E-state index >= 15 is 0 Å². The van der Waals surface area contributed by atoms with Gasteiger partial charge in [-0.2, -0.15) is 0 Å². The molecule has 1 aromatic rings. The average molecular weight is 344 g/mol. The second kappa shape index (κ2) is 5.08. The number of hydrogen-bond acceptors (Lipinski definition) is 2. The first-order chi connectivity index (χ1) is 9.06. The van der Waals surface area contributed by atoms with Gasteiger partial charge in [0.05, 0.1) is 5.56 Å². The number of likely N-dealkylation sites (tertiary alicyclic amines) is 1. The number of nitrogens with two attached hydrogens (primary N) is 1. The lowest BCUT2D eigenvalue weighted by Crippen LogP contribution is -2.33. The third-order valence-corrected chi connectivity index (χ3v) is 5.28. The van der Waals surface area contributed by atoms with Crippen molar-refractivity contribution >= 4 is 33.4 Å². The van der Waals surface area contributed by atoms with Gasteiger partial charge in [-0.05, 0) is 58.8 Å². The molecule has 3 nitrogen and oxygen atoms in total. The van der Waals surface area contributed by atoms with Gasteiger partial charge in [0.15, 0.2) is 0 Å². The monoisotopic (exact) mass is 342 g/mol. The Balaban J connectivity index is 1.80. The quantitative estimate of drug-likeness (QED) is 0.852. The maximum Gasteiger partial charge on any atom is 0.255 e. The van der Waals surface area contributed by atoms with E-state index in [-0.39, 0.29) is 11.9 Å². The summed E-state index contributed by atoms with van der Waals surface area (Å²) in [5.41, 5.74) is 6.75. The van der Waals surface area contributed by atoms with Crippen LogP contribution in [0.3, 0.4) is 0 Å². The fourth-order valence-electron chi connectivity index (χ4n) is 3.31. The minimum Gasteiger partial charge on any atom is -0.338 e. The summed E-state index contributed by atoms with van der Waals surface area (Å²) < 4.78 is 0.795. The Kier molecular flexibility index (Phi) is 3.58. The molecule has 19 heavy (non-hydrogen) atoms. The van der Waals surface area contributed by atoms with Gasteiger partial charge in [0, 0.05) is 28.6 Å². The van der Waals surface area contributed by atoms with E-state index in [0.29, 0.717) is 22.4 Å². The molecule has 1 aliphatic heterocycles. The molecule has 1 heterocycles. The van der Waals surface area contributed by atoms with E-state index in [1.54, 1.807) is 12.1 Å². The van der Waals surface area contributed by atoms with Gasteiger partial charge in [0.25, 0.3) is 5.91 Å². The lowest BCUT2D eigenvalue weighted by molar-refractivity contribution is 0.0778. The molecule has 102 valence electrons. The van der Waals surface area contributed by atoms with Gasteiger partial charge in [-0.1, -0.05) is 11.6 Å². The number of nitrogens with zero attached hydrogens (tertiary/aromatic N) is 1. The summed E-state index contributed by atoms with van der Waals surface area (Å²) >= 11 is 9.40. The van der Waals surface area contributed by atoms with Crippen LogP contribution < -0.4 is 5.73 Å². The second-order valence-electron chi connectivity index (χ2n) is 5.50. The third-order valence-electron chi connectivity index (χ3n) is 4.36. The molecule has 0 radical (unpaired) electrons. The van der Waals surface area contributed by atoms with Crippen molar-refractivity contribution in [1.82, 2.24) is 4.90 Å². The third kappa shape index (κ3) is 2.41. The van der Waals surface area contributed by atoms with E-state index in [0.717, 1.165) is 30.4 Å². The highest BCUT2D eigenvalue weighted by Crippen LogP contribution is 2.38. The predicted molar refractivity (Wildman–Crippen MR) is 79.2 cm³/mol. The van der Waals surface area contributed by atoms with Crippen molar-refractivity contribution in [3.63, 3.8) is 0 Å². The smallest absolute Gasteiger partial charge is 0.255 e. The molecule has 1 aliphatic carbocycles. The fourth-order valence-corrected chi connectivity index (χ4v) is 3.89. The maximum atomic E-state index is 12.6. The van der Waals surface area contributed by atoms with Crippen LogP contribution in [0.2, 0.25) is 5.02 Å². The first-order valence-corrected chi connectivity index (χ1v) is 7.73. The molecular weight excluding hydrogens is 328 g/mol. The van der Waals surface area contributed by atoms with Crippen LogP contribution in [0.5, 0.6) is 0 Å². The number of fused-ring (bicyclic) bond motifs is 1. The zero-order valence-electron chi connectivity index (χ0n) is 10.5. The highest BCUT2D eigenvalue weighted by Gasteiger charge is 2.42.